The molecule has 0 spiro atoms. The average molecular weight is 373 g/mol. The van der Waals surface area contributed by atoms with Gasteiger partial charge in [-0.3, -0.25) is 4.55 Å². The summed E-state index contributed by atoms with van der Waals surface area (Å²) in [5.41, 5.74) is 6.01. The van der Waals surface area contributed by atoms with Crippen LogP contribution in [0.3, 0.4) is 0 Å². The van der Waals surface area contributed by atoms with E-state index >= 15 is 0 Å². The number of nitrogens with two attached hydrogens (primary N) is 1. The zero-order valence-corrected chi connectivity index (χ0v) is 14.4. The zero-order valence-electron chi connectivity index (χ0n) is 13.6. The molecule has 0 unspecified atom stereocenters. The van der Waals surface area contributed by atoms with Gasteiger partial charge in [-0.15, -0.1) is 10.2 Å². The van der Waals surface area contributed by atoms with E-state index in [1.807, 2.05) is 0 Å². The molecule has 0 amide bonds. The number of hydrogen-bond acceptors (Lipinski definition) is 7. The summed E-state index contributed by atoms with van der Waals surface area (Å²) in [6.07, 6.45) is 0. The molecule has 0 saturated heterocycles. The van der Waals surface area contributed by atoms with Gasteiger partial charge in [0.25, 0.3) is 10.1 Å². The molecule has 0 aliphatic rings. The van der Waals surface area contributed by atoms with Crippen LogP contribution < -0.4 is 10.5 Å². The van der Waals surface area contributed by atoms with Gasteiger partial charge in [-0.05, 0) is 41.8 Å². The number of nitrogens with zero attached hydrogens (tertiary/aromatic N) is 2. The van der Waals surface area contributed by atoms with Crippen molar-refractivity contribution in [3.63, 3.8) is 0 Å². The van der Waals surface area contributed by atoms with E-state index in [0.717, 1.165) is 0 Å². The summed E-state index contributed by atoms with van der Waals surface area (Å²) in [6, 6.07) is 12.4. The van der Waals surface area contributed by atoms with Crippen LogP contribution in [0.25, 0.3) is 10.8 Å². The fourth-order valence-corrected chi connectivity index (χ4v) is 3.14. The Labute approximate surface area is 149 Å². The molecule has 0 atom stereocenters. The van der Waals surface area contributed by atoms with E-state index in [0.29, 0.717) is 27.9 Å². The van der Waals surface area contributed by atoms with Crippen molar-refractivity contribution in [2.45, 2.75) is 4.90 Å². The Morgan fingerprint density at radius 2 is 1.81 bits per heavy atom. The molecule has 26 heavy (non-hydrogen) atoms. The number of para-hydroxylation sites is 1. The van der Waals surface area contributed by atoms with Crippen LogP contribution in [-0.4, -0.2) is 25.2 Å². The van der Waals surface area contributed by atoms with Gasteiger partial charge in [0, 0.05) is 11.1 Å². The van der Waals surface area contributed by atoms with Gasteiger partial charge in [-0.1, -0.05) is 12.1 Å². The van der Waals surface area contributed by atoms with E-state index in [1.165, 1.54) is 25.3 Å². The van der Waals surface area contributed by atoms with Crippen LogP contribution in [0.2, 0.25) is 0 Å². The maximum Gasteiger partial charge on any atom is 0.296 e. The molecular weight excluding hydrogens is 358 g/mol. The first kappa shape index (κ1) is 17.6. The van der Waals surface area contributed by atoms with Crippen molar-refractivity contribution in [1.29, 1.82) is 0 Å². The molecule has 0 aliphatic carbocycles. The predicted molar refractivity (Wildman–Crippen MR) is 97.0 cm³/mol. The number of phenolic OH excluding ortho intramolecular Hbond substituents is 1. The molecule has 0 bridgehead atoms. The monoisotopic (exact) mass is 373 g/mol. The number of anilines is 1. The lowest BCUT2D eigenvalue weighted by atomic mass is 10.1. The van der Waals surface area contributed by atoms with Crippen molar-refractivity contribution in [3.05, 3.63) is 48.5 Å². The fraction of sp³-hybridized carbons (Fsp3) is 0.0588. The number of phenols is 1. The third kappa shape index (κ3) is 3.30. The number of methoxy groups -OCH3 is 1. The SMILES string of the molecule is COc1ccccc1N=Nc1c(S(=O)(=O)O)cc2cc(N)ccc2c1O. The van der Waals surface area contributed by atoms with Crippen LogP contribution >= 0.6 is 0 Å². The molecule has 3 aromatic carbocycles. The molecule has 3 aromatic rings. The van der Waals surface area contributed by atoms with Gasteiger partial charge < -0.3 is 15.6 Å². The molecule has 4 N–H and O–H groups in total. The number of hydrogen-bond donors (Lipinski definition) is 3. The lowest BCUT2D eigenvalue weighted by Crippen LogP contribution is -1.99. The minimum Gasteiger partial charge on any atom is -0.505 e. The summed E-state index contributed by atoms with van der Waals surface area (Å²) in [6.45, 7) is 0. The molecule has 3 rings (SSSR count). The van der Waals surface area contributed by atoms with Crippen LogP contribution in [-0.2, 0) is 10.1 Å². The fourth-order valence-electron chi connectivity index (χ4n) is 2.48. The zero-order chi connectivity index (χ0) is 18.9. The summed E-state index contributed by atoms with van der Waals surface area (Å²) < 4.78 is 38.2. The largest absolute Gasteiger partial charge is 0.505 e. The van der Waals surface area contributed by atoms with Gasteiger partial charge in [-0.2, -0.15) is 8.42 Å². The second kappa shape index (κ2) is 6.62. The highest BCUT2D eigenvalue weighted by atomic mass is 32.2. The topological polar surface area (TPSA) is 135 Å². The molecule has 9 heteroatoms. The van der Waals surface area contributed by atoms with Crippen LogP contribution in [0.1, 0.15) is 0 Å². The molecule has 0 heterocycles. The van der Waals surface area contributed by atoms with Crippen molar-refractivity contribution in [2.75, 3.05) is 12.8 Å². The molecule has 0 fully saturated rings. The second-order valence-corrected chi connectivity index (χ2v) is 6.79. The van der Waals surface area contributed by atoms with Crippen molar-refractivity contribution in [1.82, 2.24) is 0 Å². The van der Waals surface area contributed by atoms with Crippen molar-refractivity contribution >= 4 is 38.0 Å². The number of ether oxygens (including phenoxy) is 1. The molecule has 0 aliphatic heterocycles. The summed E-state index contributed by atoms with van der Waals surface area (Å²) in [7, 11) is -3.21. The van der Waals surface area contributed by atoms with Gasteiger partial charge >= 0.3 is 0 Å². The van der Waals surface area contributed by atoms with E-state index in [-0.39, 0.29) is 5.69 Å². The molecular formula is C17H15N3O5S. The summed E-state index contributed by atoms with van der Waals surface area (Å²) in [5, 5.41) is 18.9. The van der Waals surface area contributed by atoms with E-state index in [4.69, 9.17) is 10.5 Å². The minimum atomic E-state index is -4.67. The normalized spacial score (nSPS) is 11.9. The van der Waals surface area contributed by atoms with Gasteiger partial charge in [0.1, 0.15) is 22.0 Å². The highest BCUT2D eigenvalue weighted by molar-refractivity contribution is 7.86. The maximum absolute atomic E-state index is 11.8. The highest BCUT2D eigenvalue weighted by Gasteiger charge is 2.22. The quantitative estimate of drug-likeness (QED) is 0.362. The lowest BCUT2D eigenvalue weighted by Gasteiger charge is -2.09. The van der Waals surface area contributed by atoms with Crippen LogP contribution in [0, 0.1) is 0 Å². The van der Waals surface area contributed by atoms with Crippen LogP contribution in [0.15, 0.2) is 63.7 Å². The number of fused-ring (bicyclic) bond motifs is 1. The smallest absolute Gasteiger partial charge is 0.296 e. The maximum atomic E-state index is 11.8. The first-order valence-corrected chi connectivity index (χ1v) is 8.82. The Kier molecular flexibility index (Phi) is 4.49. The first-order valence-electron chi connectivity index (χ1n) is 7.38. The number of nitrogen functional groups attached to an aromatic ring is 1. The number of rotatable bonds is 4. The predicted octanol–water partition coefficient (Wildman–Crippen LogP) is 3.80. The number of azo groups is 1. The highest BCUT2D eigenvalue weighted by Crippen LogP contribution is 2.42. The van der Waals surface area contributed by atoms with Crippen LogP contribution in [0.4, 0.5) is 17.1 Å². The number of benzene rings is 3. The van der Waals surface area contributed by atoms with Crippen molar-refractivity contribution in [2.24, 2.45) is 10.2 Å². The van der Waals surface area contributed by atoms with E-state index in [1.54, 1.807) is 30.3 Å². The Bertz CT molecular complexity index is 1130. The van der Waals surface area contributed by atoms with Gasteiger partial charge in [-0.25, -0.2) is 0 Å². The third-order valence-corrected chi connectivity index (χ3v) is 4.56. The van der Waals surface area contributed by atoms with Crippen LogP contribution in [0.5, 0.6) is 11.5 Å². The molecule has 0 aromatic heterocycles. The third-order valence-electron chi connectivity index (χ3n) is 3.70. The van der Waals surface area contributed by atoms with Gasteiger partial charge in [0.05, 0.1) is 7.11 Å². The Morgan fingerprint density at radius 3 is 2.50 bits per heavy atom. The first-order chi connectivity index (χ1) is 12.3. The molecule has 0 radical (unpaired) electrons. The summed E-state index contributed by atoms with van der Waals surface area (Å²) in [5.74, 6) is -0.0218. The second-order valence-electron chi connectivity index (χ2n) is 5.40. The molecule has 8 nitrogen and oxygen atoms in total. The molecule has 134 valence electrons. The van der Waals surface area contributed by atoms with E-state index in [9.17, 15) is 18.1 Å². The number of aromatic hydroxyl groups is 1. The summed E-state index contributed by atoms with van der Waals surface area (Å²) >= 11 is 0. The summed E-state index contributed by atoms with van der Waals surface area (Å²) in [4.78, 5) is -0.577. The van der Waals surface area contributed by atoms with Crippen molar-refractivity contribution < 1.29 is 22.8 Å². The Morgan fingerprint density at radius 1 is 1.08 bits per heavy atom. The van der Waals surface area contributed by atoms with E-state index in [2.05, 4.69) is 10.2 Å². The van der Waals surface area contributed by atoms with Crippen molar-refractivity contribution in [3.8, 4) is 11.5 Å². The standard InChI is InChI=1S/C17H15N3O5S/c1-25-14-5-3-2-4-13(14)19-20-16-15(26(22,23)24)9-10-8-11(18)6-7-12(10)17(16)21/h2-9,21H,18H2,1H3,(H,22,23,24). The van der Waals surface area contributed by atoms with Gasteiger partial charge in [0.2, 0.25) is 0 Å². The minimum absolute atomic E-state index is 0.320. The average Bonchev–Trinajstić information content (AvgIpc) is 2.60. The Balaban J connectivity index is 2.25. The molecule has 0 saturated carbocycles. The lowest BCUT2D eigenvalue weighted by molar-refractivity contribution is 0.416. The Hall–Kier alpha value is -3.17. The van der Waals surface area contributed by atoms with Gasteiger partial charge in [0.15, 0.2) is 5.75 Å². The van der Waals surface area contributed by atoms with E-state index < -0.39 is 20.8 Å².